The molecule has 1 N–H and O–H groups in total. The first-order valence-electron chi connectivity index (χ1n) is 6.74. The lowest BCUT2D eigenvalue weighted by molar-refractivity contribution is -0.297. The summed E-state index contributed by atoms with van der Waals surface area (Å²) in [7, 11) is 0. The second kappa shape index (κ2) is 8.00. The van der Waals surface area contributed by atoms with E-state index in [0.29, 0.717) is 28.7 Å². The third kappa shape index (κ3) is 4.86. The molecular weight excluding hydrogens is 316 g/mol. The fraction of sp³-hybridized carbons (Fsp3) is 0.200. The Bertz CT molecular complexity index is 747. The van der Waals surface area contributed by atoms with Crippen LogP contribution in [-0.4, -0.2) is 27.8 Å². The SMILES string of the molecule is CCc1nc(S/C(=C\c2ccc(OCC#N)cc2)C(=O)[O-])n[nH]1. The molecule has 0 bridgehead atoms. The number of nitrogens with one attached hydrogen (secondary N) is 1. The summed E-state index contributed by atoms with van der Waals surface area (Å²) in [4.78, 5) is 15.4. The topological polar surface area (TPSA) is 115 Å². The molecule has 0 aliphatic carbocycles. The monoisotopic (exact) mass is 329 g/mol. The summed E-state index contributed by atoms with van der Waals surface area (Å²) in [6.45, 7) is 1.88. The first-order chi connectivity index (χ1) is 11.1. The predicted molar refractivity (Wildman–Crippen MR) is 82.2 cm³/mol. The number of H-pyrrole nitrogens is 1. The van der Waals surface area contributed by atoms with E-state index in [1.54, 1.807) is 24.3 Å². The van der Waals surface area contributed by atoms with E-state index in [0.717, 1.165) is 11.8 Å². The molecule has 0 saturated carbocycles. The van der Waals surface area contributed by atoms with Crippen LogP contribution >= 0.6 is 11.8 Å². The number of aromatic amines is 1. The maximum atomic E-state index is 11.3. The van der Waals surface area contributed by atoms with Gasteiger partial charge in [0, 0.05) is 11.3 Å². The summed E-state index contributed by atoms with van der Waals surface area (Å²) >= 11 is 0.917. The first kappa shape index (κ1) is 16.6. The number of carboxylic acids is 1. The minimum Gasteiger partial charge on any atom is -0.544 e. The molecule has 0 fully saturated rings. The van der Waals surface area contributed by atoms with Gasteiger partial charge in [-0.1, -0.05) is 19.1 Å². The molecule has 23 heavy (non-hydrogen) atoms. The van der Waals surface area contributed by atoms with Crippen molar-refractivity contribution in [1.29, 1.82) is 5.26 Å². The molecule has 1 heterocycles. The summed E-state index contributed by atoms with van der Waals surface area (Å²) in [5.74, 6) is -0.0836. The lowest BCUT2D eigenvalue weighted by atomic mass is 10.2. The summed E-state index contributed by atoms with van der Waals surface area (Å²) in [5.41, 5.74) is 0.659. The van der Waals surface area contributed by atoms with Crippen LogP contribution in [0, 0.1) is 11.3 Å². The third-order valence-corrected chi connectivity index (χ3v) is 3.60. The maximum absolute atomic E-state index is 11.3. The van der Waals surface area contributed by atoms with Crippen LogP contribution < -0.4 is 9.84 Å². The third-order valence-electron chi connectivity index (χ3n) is 2.73. The standard InChI is InChI=1S/C15H14N4O3S/c1-2-13-17-15(19-18-13)23-12(14(20)21)9-10-3-5-11(6-4-10)22-8-7-16/h3-6,9H,2,8H2,1H3,(H,20,21)(H,17,18,19)/p-1/b12-9-. The molecule has 2 rings (SSSR count). The van der Waals surface area contributed by atoms with E-state index in [4.69, 9.17) is 10.00 Å². The largest absolute Gasteiger partial charge is 0.544 e. The van der Waals surface area contributed by atoms with Crippen LogP contribution in [0.2, 0.25) is 0 Å². The summed E-state index contributed by atoms with van der Waals surface area (Å²) in [5, 5.41) is 26.7. The van der Waals surface area contributed by atoms with Gasteiger partial charge in [-0.2, -0.15) is 5.26 Å². The van der Waals surface area contributed by atoms with Crippen molar-refractivity contribution < 1.29 is 14.6 Å². The van der Waals surface area contributed by atoms with Gasteiger partial charge in [-0.15, -0.1) is 5.10 Å². The molecular formula is C15H13N4O3S-. The van der Waals surface area contributed by atoms with Gasteiger partial charge in [-0.3, -0.25) is 5.10 Å². The van der Waals surface area contributed by atoms with Crippen molar-refractivity contribution in [3.8, 4) is 11.8 Å². The Morgan fingerprint density at radius 1 is 1.48 bits per heavy atom. The number of hydrogen-bond acceptors (Lipinski definition) is 7. The second-order valence-corrected chi connectivity index (χ2v) is 5.34. The van der Waals surface area contributed by atoms with Crippen molar-refractivity contribution in [3.63, 3.8) is 0 Å². The highest BCUT2D eigenvalue weighted by Gasteiger charge is 2.08. The molecule has 0 aliphatic rings. The van der Waals surface area contributed by atoms with Gasteiger partial charge in [0.15, 0.2) is 6.61 Å². The number of nitrogens with zero attached hydrogens (tertiary/aromatic N) is 3. The Morgan fingerprint density at radius 3 is 2.78 bits per heavy atom. The average Bonchev–Trinajstić information content (AvgIpc) is 3.01. The number of thioether (sulfide) groups is 1. The molecule has 7 nitrogen and oxygen atoms in total. The van der Waals surface area contributed by atoms with Gasteiger partial charge >= 0.3 is 0 Å². The number of aryl methyl sites for hydroxylation is 1. The Morgan fingerprint density at radius 2 is 2.22 bits per heavy atom. The summed E-state index contributed by atoms with van der Waals surface area (Å²) in [6.07, 6.45) is 2.15. The predicted octanol–water partition coefficient (Wildman–Crippen LogP) is 1.15. The van der Waals surface area contributed by atoms with Crippen LogP contribution in [0.4, 0.5) is 0 Å². The molecule has 1 aromatic carbocycles. The molecule has 118 valence electrons. The molecule has 8 heteroatoms. The number of carbonyl (C=O) groups excluding carboxylic acids is 1. The fourth-order valence-corrected chi connectivity index (χ4v) is 2.36. The van der Waals surface area contributed by atoms with Gasteiger partial charge in [0.2, 0.25) is 5.16 Å². The normalized spacial score (nSPS) is 11.0. The smallest absolute Gasteiger partial charge is 0.213 e. The van der Waals surface area contributed by atoms with Crippen LogP contribution in [0.5, 0.6) is 5.75 Å². The zero-order valence-electron chi connectivity index (χ0n) is 12.3. The molecule has 0 saturated heterocycles. The number of carbonyl (C=O) groups is 1. The number of ether oxygens (including phenoxy) is 1. The van der Waals surface area contributed by atoms with E-state index in [9.17, 15) is 9.90 Å². The van der Waals surface area contributed by atoms with Gasteiger partial charge in [0.05, 0.1) is 5.97 Å². The fourth-order valence-electron chi connectivity index (χ4n) is 1.64. The molecule has 0 unspecified atom stereocenters. The Kier molecular flexibility index (Phi) is 5.77. The van der Waals surface area contributed by atoms with Gasteiger partial charge in [0.1, 0.15) is 17.6 Å². The van der Waals surface area contributed by atoms with Gasteiger partial charge < -0.3 is 14.6 Å². The molecule has 0 spiro atoms. The Hall–Kier alpha value is -2.79. The molecule has 0 amide bonds. The van der Waals surface area contributed by atoms with Crippen molar-refractivity contribution in [1.82, 2.24) is 15.2 Å². The maximum Gasteiger partial charge on any atom is 0.213 e. The van der Waals surface area contributed by atoms with E-state index in [2.05, 4.69) is 15.2 Å². The van der Waals surface area contributed by atoms with E-state index < -0.39 is 5.97 Å². The van der Waals surface area contributed by atoms with Crippen molar-refractivity contribution in [2.45, 2.75) is 18.5 Å². The molecule has 0 aliphatic heterocycles. The number of nitriles is 1. The van der Waals surface area contributed by atoms with E-state index >= 15 is 0 Å². The molecule has 2 aromatic rings. The second-order valence-electron chi connectivity index (χ2n) is 4.33. The molecule has 0 atom stereocenters. The minimum atomic E-state index is -1.30. The zero-order valence-corrected chi connectivity index (χ0v) is 13.1. The number of benzene rings is 1. The molecule has 0 radical (unpaired) electrons. The van der Waals surface area contributed by atoms with E-state index in [1.165, 1.54) is 6.08 Å². The highest BCUT2D eigenvalue weighted by Crippen LogP contribution is 2.25. The quantitative estimate of drug-likeness (QED) is 0.598. The van der Waals surface area contributed by atoms with Crippen LogP contribution in [-0.2, 0) is 11.2 Å². The molecule has 1 aromatic heterocycles. The lowest BCUT2D eigenvalue weighted by Crippen LogP contribution is -2.23. The number of aromatic nitrogens is 3. The van der Waals surface area contributed by atoms with Crippen molar-refractivity contribution in [2.75, 3.05) is 6.61 Å². The average molecular weight is 329 g/mol. The zero-order chi connectivity index (χ0) is 16.7. The van der Waals surface area contributed by atoms with E-state index in [-0.39, 0.29) is 11.5 Å². The lowest BCUT2D eigenvalue weighted by Gasteiger charge is -2.06. The number of hydrogen-bond donors (Lipinski definition) is 1. The highest BCUT2D eigenvalue weighted by molar-refractivity contribution is 8.04. The van der Waals surface area contributed by atoms with Crippen LogP contribution in [0.1, 0.15) is 18.3 Å². The first-order valence-corrected chi connectivity index (χ1v) is 7.56. The van der Waals surface area contributed by atoms with Gasteiger partial charge in [-0.05, 0) is 35.5 Å². The summed E-state index contributed by atoms with van der Waals surface area (Å²) in [6, 6.07) is 8.55. The van der Waals surface area contributed by atoms with Gasteiger partial charge in [-0.25, -0.2) is 4.98 Å². The van der Waals surface area contributed by atoms with Crippen molar-refractivity contribution in [3.05, 3.63) is 40.6 Å². The number of carboxylic acid groups (broad SMARTS) is 1. The van der Waals surface area contributed by atoms with Crippen LogP contribution in [0.25, 0.3) is 6.08 Å². The highest BCUT2D eigenvalue weighted by atomic mass is 32.2. The Labute approximate surface area is 137 Å². The Balaban J connectivity index is 2.14. The van der Waals surface area contributed by atoms with E-state index in [1.807, 2.05) is 13.0 Å². The summed E-state index contributed by atoms with van der Waals surface area (Å²) < 4.78 is 5.13. The number of aliphatic carboxylic acids is 1. The minimum absolute atomic E-state index is 0.00246. The van der Waals surface area contributed by atoms with Crippen molar-refractivity contribution in [2.24, 2.45) is 0 Å². The van der Waals surface area contributed by atoms with Crippen molar-refractivity contribution >= 4 is 23.8 Å². The van der Waals surface area contributed by atoms with Crippen LogP contribution in [0.3, 0.4) is 0 Å². The van der Waals surface area contributed by atoms with Crippen LogP contribution in [0.15, 0.2) is 34.3 Å². The number of rotatable bonds is 7. The van der Waals surface area contributed by atoms with Gasteiger partial charge in [0.25, 0.3) is 0 Å².